The molecule has 0 aliphatic rings. The van der Waals surface area contributed by atoms with Crippen LogP contribution in [0.3, 0.4) is 0 Å². The molecule has 14 heteroatoms. The Hall–Kier alpha value is -3.03. The van der Waals surface area contributed by atoms with Crippen LogP contribution in [0, 0.1) is 30.3 Å². The zero-order valence-corrected chi connectivity index (χ0v) is 15.2. The molecule has 1 aromatic carbocycles. The Kier molecular flexibility index (Phi) is 5.42. The first-order valence-corrected chi connectivity index (χ1v) is 8.72. The zero-order chi connectivity index (χ0) is 20.6. The molecular weight excluding hydrogens is 376 g/mol. The first kappa shape index (κ1) is 21.0. The predicted molar refractivity (Wildman–Crippen MR) is 90.1 cm³/mol. The van der Waals surface area contributed by atoms with Crippen LogP contribution in [0.5, 0.6) is 5.75 Å². The molecule has 0 saturated carbocycles. The molecule has 1 aromatic rings. The van der Waals surface area contributed by atoms with Crippen LogP contribution in [-0.4, -0.2) is 36.6 Å². The molecule has 0 unspecified atom stereocenters. The molecule has 1 N–H and O–H groups in total. The van der Waals surface area contributed by atoms with Crippen molar-refractivity contribution in [2.24, 2.45) is 0 Å². The fourth-order valence-corrected chi connectivity index (χ4v) is 2.97. The van der Waals surface area contributed by atoms with E-state index >= 15 is 0 Å². The summed E-state index contributed by atoms with van der Waals surface area (Å²) in [4.78, 5) is 31.3. The summed E-state index contributed by atoms with van der Waals surface area (Å²) in [5.41, 5.74) is -6.06. The molecule has 0 bridgehead atoms. The molecule has 0 radical (unpaired) electrons. The highest BCUT2D eigenvalue weighted by molar-refractivity contribution is 7.92. The van der Waals surface area contributed by atoms with Crippen molar-refractivity contribution >= 4 is 32.8 Å². The van der Waals surface area contributed by atoms with Gasteiger partial charge in [-0.2, -0.15) is 0 Å². The molecular formula is C12H16N4O9S. The number of benzene rings is 1. The number of anilines is 1. The van der Waals surface area contributed by atoms with Gasteiger partial charge in [0.1, 0.15) is 5.56 Å². The number of nitrogens with zero attached hydrogens (tertiary/aromatic N) is 3. The van der Waals surface area contributed by atoms with Crippen LogP contribution in [0.15, 0.2) is 0 Å². The quantitative estimate of drug-likeness (QED) is 0.558. The SMILES string of the molecule is COc1c(NS(C)(=O)=O)c([N+](=O)[O-])c(C(C)(C)C)c([N+](=O)[O-])c1[N+](=O)[O-]. The molecule has 26 heavy (non-hydrogen) atoms. The lowest BCUT2D eigenvalue weighted by Crippen LogP contribution is -2.21. The molecule has 0 aromatic heterocycles. The van der Waals surface area contributed by atoms with Crippen LogP contribution in [0.4, 0.5) is 22.7 Å². The lowest BCUT2D eigenvalue weighted by Gasteiger charge is -2.21. The van der Waals surface area contributed by atoms with E-state index in [1.165, 1.54) is 20.8 Å². The van der Waals surface area contributed by atoms with Gasteiger partial charge in [-0.3, -0.25) is 35.1 Å². The summed E-state index contributed by atoms with van der Waals surface area (Å²) in [7, 11) is -3.26. The summed E-state index contributed by atoms with van der Waals surface area (Å²) < 4.78 is 29.8. The number of nitro benzene ring substituents is 3. The topological polar surface area (TPSA) is 185 Å². The zero-order valence-electron chi connectivity index (χ0n) is 14.4. The highest BCUT2D eigenvalue weighted by atomic mass is 32.2. The van der Waals surface area contributed by atoms with Crippen LogP contribution in [0.25, 0.3) is 0 Å². The smallest absolute Gasteiger partial charge is 0.390 e. The Bertz CT molecular complexity index is 903. The van der Waals surface area contributed by atoms with E-state index in [1.54, 1.807) is 4.72 Å². The summed E-state index contributed by atoms with van der Waals surface area (Å²) in [6.07, 6.45) is 0.667. The van der Waals surface area contributed by atoms with E-state index in [2.05, 4.69) is 0 Å². The van der Waals surface area contributed by atoms with Gasteiger partial charge in [-0.1, -0.05) is 20.8 Å². The highest BCUT2D eigenvalue weighted by Gasteiger charge is 2.48. The number of sulfonamides is 1. The third-order valence-electron chi connectivity index (χ3n) is 3.17. The first-order chi connectivity index (χ1) is 11.6. The minimum absolute atomic E-state index is 0.605. The van der Waals surface area contributed by atoms with Crippen molar-refractivity contribution in [1.29, 1.82) is 0 Å². The van der Waals surface area contributed by atoms with E-state index in [-0.39, 0.29) is 0 Å². The Morgan fingerprint density at radius 1 is 0.923 bits per heavy atom. The standard InChI is InChI=1S/C12H16N4O9S/c1-12(2,3)6-8(14(17)18)7(13-26(5,23)24)11(25-4)10(16(21)22)9(6)15(19)20/h13H,1-5H3. The van der Waals surface area contributed by atoms with Crippen LogP contribution in [-0.2, 0) is 15.4 Å². The number of hydrogen-bond donors (Lipinski definition) is 1. The maximum atomic E-state index is 11.6. The average molecular weight is 392 g/mol. The molecule has 13 nitrogen and oxygen atoms in total. The van der Waals surface area contributed by atoms with Crippen LogP contribution in [0.2, 0.25) is 0 Å². The largest absolute Gasteiger partial charge is 0.488 e. The monoisotopic (exact) mass is 392 g/mol. The van der Waals surface area contributed by atoms with Gasteiger partial charge in [0.2, 0.25) is 15.8 Å². The van der Waals surface area contributed by atoms with E-state index in [0.717, 1.165) is 7.11 Å². The van der Waals surface area contributed by atoms with Gasteiger partial charge in [0.05, 0.1) is 28.1 Å². The number of nitrogens with one attached hydrogen (secondary N) is 1. The van der Waals surface area contributed by atoms with Gasteiger partial charge < -0.3 is 4.74 Å². The molecule has 144 valence electrons. The van der Waals surface area contributed by atoms with Crippen LogP contribution in [0.1, 0.15) is 26.3 Å². The molecule has 0 atom stereocenters. The molecule has 0 aliphatic heterocycles. The van der Waals surface area contributed by atoms with Gasteiger partial charge in [0.25, 0.3) is 0 Å². The van der Waals surface area contributed by atoms with Crippen molar-refractivity contribution in [3.63, 3.8) is 0 Å². The van der Waals surface area contributed by atoms with Crippen LogP contribution < -0.4 is 9.46 Å². The number of nitro groups is 3. The van der Waals surface area contributed by atoms with Crippen molar-refractivity contribution in [2.45, 2.75) is 26.2 Å². The predicted octanol–water partition coefficient (Wildman–Crippen LogP) is 2.09. The summed E-state index contributed by atoms with van der Waals surface area (Å²) in [5.74, 6) is -0.924. The molecule has 0 fully saturated rings. The second-order valence-electron chi connectivity index (χ2n) is 6.22. The minimum atomic E-state index is -4.13. The van der Waals surface area contributed by atoms with Gasteiger partial charge in [-0.25, -0.2) is 8.42 Å². The van der Waals surface area contributed by atoms with Crippen molar-refractivity contribution < 1.29 is 27.9 Å². The van der Waals surface area contributed by atoms with Crippen molar-refractivity contribution in [1.82, 2.24) is 0 Å². The summed E-state index contributed by atoms with van der Waals surface area (Å²) >= 11 is 0. The molecule has 0 heterocycles. The minimum Gasteiger partial charge on any atom is -0.488 e. The molecule has 1 rings (SSSR count). The molecule has 0 amide bonds. The Balaban J connectivity index is 4.41. The second kappa shape index (κ2) is 6.70. The first-order valence-electron chi connectivity index (χ1n) is 6.82. The third kappa shape index (κ3) is 3.96. The lowest BCUT2D eigenvalue weighted by atomic mass is 9.83. The molecule has 0 saturated heterocycles. The fourth-order valence-electron chi connectivity index (χ4n) is 2.41. The summed E-state index contributed by atoms with van der Waals surface area (Å²) in [6, 6.07) is 0. The van der Waals surface area contributed by atoms with E-state index in [1.807, 2.05) is 0 Å². The number of methoxy groups -OCH3 is 1. The number of hydrogen-bond acceptors (Lipinski definition) is 9. The highest BCUT2D eigenvalue weighted by Crippen LogP contribution is 2.54. The van der Waals surface area contributed by atoms with E-state index in [0.29, 0.717) is 6.26 Å². The normalized spacial score (nSPS) is 11.7. The summed E-state index contributed by atoms with van der Waals surface area (Å²) in [5, 5.41) is 34.6. The van der Waals surface area contributed by atoms with E-state index < -0.39 is 64.3 Å². The maximum absolute atomic E-state index is 11.6. The lowest BCUT2D eigenvalue weighted by molar-refractivity contribution is -0.425. The average Bonchev–Trinajstić information content (AvgIpc) is 2.41. The van der Waals surface area contributed by atoms with Crippen molar-refractivity contribution in [3.05, 3.63) is 35.9 Å². The molecule has 0 spiro atoms. The van der Waals surface area contributed by atoms with Crippen LogP contribution >= 0.6 is 0 Å². The van der Waals surface area contributed by atoms with Crippen molar-refractivity contribution in [2.75, 3.05) is 18.1 Å². The number of rotatable bonds is 6. The number of ether oxygens (including phenoxy) is 1. The second-order valence-corrected chi connectivity index (χ2v) is 7.97. The van der Waals surface area contributed by atoms with Gasteiger partial charge in [0, 0.05) is 5.41 Å². The maximum Gasteiger partial charge on any atom is 0.390 e. The van der Waals surface area contributed by atoms with Gasteiger partial charge in [-0.15, -0.1) is 0 Å². The third-order valence-corrected chi connectivity index (χ3v) is 3.74. The van der Waals surface area contributed by atoms with Crippen molar-refractivity contribution in [3.8, 4) is 5.75 Å². The van der Waals surface area contributed by atoms with Gasteiger partial charge >= 0.3 is 17.1 Å². The summed E-state index contributed by atoms with van der Waals surface area (Å²) in [6.45, 7) is 4.09. The molecule has 0 aliphatic carbocycles. The Morgan fingerprint density at radius 2 is 1.35 bits per heavy atom. The van der Waals surface area contributed by atoms with Gasteiger partial charge in [-0.05, 0) is 0 Å². The Morgan fingerprint density at radius 3 is 1.62 bits per heavy atom. The fraction of sp³-hybridized carbons (Fsp3) is 0.500. The van der Waals surface area contributed by atoms with Gasteiger partial charge in [0.15, 0.2) is 5.69 Å². The Labute approximate surface area is 147 Å². The van der Waals surface area contributed by atoms with E-state index in [4.69, 9.17) is 4.74 Å². The van der Waals surface area contributed by atoms with E-state index in [9.17, 15) is 38.8 Å².